The van der Waals surface area contributed by atoms with Crippen LogP contribution in [0.1, 0.15) is 18.2 Å². The Morgan fingerprint density at radius 2 is 2.53 bits per heavy atom. The Bertz CT molecular complexity index is 331. The van der Waals surface area contributed by atoms with Gasteiger partial charge in [-0.05, 0) is 12.3 Å². The van der Waals surface area contributed by atoms with Gasteiger partial charge in [-0.25, -0.2) is 4.98 Å². The first-order valence-electron chi connectivity index (χ1n) is 5.16. The zero-order chi connectivity index (χ0) is 10.8. The van der Waals surface area contributed by atoms with Gasteiger partial charge >= 0.3 is 0 Å². The summed E-state index contributed by atoms with van der Waals surface area (Å²) >= 11 is 7.31. The normalized spacial score (nSPS) is 28.2. The number of piperidine rings is 1. The lowest BCUT2D eigenvalue weighted by atomic mass is 9.97. The molecule has 15 heavy (non-hydrogen) atoms. The highest BCUT2D eigenvalue weighted by atomic mass is 35.5. The Hall–Kier alpha value is -0.160. The molecule has 1 aliphatic heterocycles. The quantitative estimate of drug-likeness (QED) is 0.867. The van der Waals surface area contributed by atoms with Crippen molar-refractivity contribution in [2.24, 2.45) is 5.92 Å². The monoisotopic (exact) mass is 246 g/mol. The second-order valence-electron chi connectivity index (χ2n) is 4.15. The standard InChI is InChI=1S/C10H15ClN2OS/c1-7-5-13(3-2-9(7)14)6-8-4-12-10(11)15-8/h4,7,9,14H,2-3,5-6H2,1H3. The van der Waals surface area contributed by atoms with Crippen LogP contribution in [0, 0.1) is 5.92 Å². The highest BCUT2D eigenvalue weighted by Gasteiger charge is 2.24. The van der Waals surface area contributed by atoms with E-state index in [0.717, 1.165) is 26.1 Å². The molecule has 0 aliphatic carbocycles. The molecule has 0 saturated carbocycles. The van der Waals surface area contributed by atoms with Gasteiger partial charge in [-0.15, -0.1) is 11.3 Å². The molecule has 0 bridgehead atoms. The highest BCUT2D eigenvalue weighted by molar-refractivity contribution is 7.15. The van der Waals surface area contributed by atoms with Gasteiger partial charge in [0.1, 0.15) is 0 Å². The molecule has 2 unspecified atom stereocenters. The second kappa shape index (κ2) is 4.78. The third kappa shape index (κ3) is 2.91. The number of aromatic nitrogens is 1. The van der Waals surface area contributed by atoms with E-state index in [-0.39, 0.29) is 6.10 Å². The van der Waals surface area contributed by atoms with E-state index in [9.17, 15) is 5.11 Å². The number of likely N-dealkylation sites (tertiary alicyclic amines) is 1. The van der Waals surface area contributed by atoms with Crippen LogP contribution >= 0.6 is 22.9 Å². The molecular formula is C10H15ClN2OS. The maximum Gasteiger partial charge on any atom is 0.183 e. The first kappa shape index (κ1) is 11.3. The molecule has 1 N–H and O–H groups in total. The third-order valence-corrected chi connectivity index (χ3v) is 3.95. The number of rotatable bonds is 2. The van der Waals surface area contributed by atoms with E-state index in [1.165, 1.54) is 16.2 Å². The van der Waals surface area contributed by atoms with Crippen LogP contribution in [0.3, 0.4) is 0 Å². The van der Waals surface area contributed by atoms with Crippen molar-refractivity contribution in [3.8, 4) is 0 Å². The average Bonchev–Trinajstić information content (AvgIpc) is 2.58. The molecule has 1 aliphatic rings. The molecule has 1 fully saturated rings. The molecule has 3 nitrogen and oxygen atoms in total. The summed E-state index contributed by atoms with van der Waals surface area (Å²) in [4.78, 5) is 7.57. The van der Waals surface area contributed by atoms with Crippen LogP contribution in [0.4, 0.5) is 0 Å². The Morgan fingerprint density at radius 3 is 3.13 bits per heavy atom. The van der Waals surface area contributed by atoms with Crippen molar-refractivity contribution in [3.05, 3.63) is 15.5 Å². The van der Waals surface area contributed by atoms with Gasteiger partial charge in [0, 0.05) is 30.7 Å². The fourth-order valence-electron chi connectivity index (χ4n) is 1.94. The van der Waals surface area contributed by atoms with E-state index >= 15 is 0 Å². The summed E-state index contributed by atoms with van der Waals surface area (Å²) in [6.45, 7) is 4.91. The van der Waals surface area contributed by atoms with Gasteiger partial charge in [0.15, 0.2) is 4.47 Å². The number of hydrogen-bond donors (Lipinski definition) is 1. The van der Waals surface area contributed by atoms with Crippen molar-refractivity contribution in [1.29, 1.82) is 0 Å². The van der Waals surface area contributed by atoms with Gasteiger partial charge in [-0.2, -0.15) is 0 Å². The smallest absolute Gasteiger partial charge is 0.183 e. The number of aliphatic hydroxyl groups is 1. The van der Waals surface area contributed by atoms with Gasteiger partial charge in [0.2, 0.25) is 0 Å². The molecule has 5 heteroatoms. The van der Waals surface area contributed by atoms with Gasteiger partial charge in [-0.3, -0.25) is 4.90 Å². The summed E-state index contributed by atoms with van der Waals surface area (Å²) in [5.41, 5.74) is 0. The number of halogens is 1. The lowest BCUT2D eigenvalue weighted by molar-refractivity contribution is 0.0324. The van der Waals surface area contributed by atoms with Crippen molar-refractivity contribution in [2.45, 2.75) is 26.0 Å². The van der Waals surface area contributed by atoms with Crippen LogP contribution in [0.5, 0.6) is 0 Å². The number of thiazole rings is 1. The van der Waals surface area contributed by atoms with Crippen molar-refractivity contribution in [1.82, 2.24) is 9.88 Å². The minimum absolute atomic E-state index is 0.133. The van der Waals surface area contributed by atoms with Crippen molar-refractivity contribution in [3.63, 3.8) is 0 Å². The summed E-state index contributed by atoms with van der Waals surface area (Å²) in [6.07, 6.45) is 2.57. The minimum atomic E-state index is -0.133. The fourth-order valence-corrected chi connectivity index (χ4v) is 2.96. The number of nitrogens with zero attached hydrogens (tertiary/aromatic N) is 2. The molecule has 0 radical (unpaired) electrons. The Kier molecular flexibility index (Phi) is 3.61. The molecule has 2 rings (SSSR count). The molecule has 84 valence electrons. The van der Waals surface area contributed by atoms with Crippen LogP contribution in [0.25, 0.3) is 0 Å². The van der Waals surface area contributed by atoms with Crippen LogP contribution in [-0.4, -0.2) is 34.2 Å². The maximum atomic E-state index is 9.61. The summed E-state index contributed by atoms with van der Waals surface area (Å²) < 4.78 is 0.607. The Labute approximate surface area is 98.7 Å². The van der Waals surface area contributed by atoms with Crippen LogP contribution in [-0.2, 0) is 6.54 Å². The summed E-state index contributed by atoms with van der Waals surface area (Å²) in [5, 5.41) is 9.61. The highest BCUT2D eigenvalue weighted by Crippen LogP contribution is 2.22. The van der Waals surface area contributed by atoms with E-state index in [4.69, 9.17) is 11.6 Å². The van der Waals surface area contributed by atoms with Gasteiger partial charge in [-0.1, -0.05) is 18.5 Å². The molecule has 0 aromatic carbocycles. The second-order valence-corrected chi connectivity index (χ2v) is 5.85. The van der Waals surface area contributed by atoms with Gasteiger partial charge in [0.25, 0.3) is 0 Å². The number of hydrogen-bond acceptors (Lipinski definition) is 4. The summed E-state index contributed by atoms with van der Waals surface area (Å²) in [7, 11) is 0. The van der Waals surface area contributed by atoms with Crippen molar-refractivity contribution in [2.75, 3.05) is 13.1 Å². The molecule has 2 heterocycles. The molecular weight excluding hydrogens is 232 g/mol. The van der Waals surface area contributed by atoms with Crippen molar-refractivity contribution >= 4 is 22.9 Å². The molecule has 1 aromatic heterocycles. The molecule has 1 saturated heterocycles. The zero-order valence-electron chi connectivity index (χ0n) is 8.69. The zero-order valence-corrected chi connectivity index (χ0v) is 10.3. The maximum absolute atomic E-state index is 9.61. The van der Waals surface area contributed by atoms with E-state index in [0.29, 0.717) is 10.4 Å². The Balaban J connectivity index is 1.90. The van der Waals surface area contributed by atoms with Crippen LogP contribution < -0.4 is 0 Å². The molecule has 1 aromatic rings. The predicted molar refractivity (Wildman–Crippen MR) is 62.2 cm³/mol. The largest absolute Gasteiger partial charge is 0.393 e. The van der Waals surface area contributed by atoms with Crippen LogP contribution in [0.2, 0.25) is 4.47 Å². The topological polar surface area (TPSA) is 36.4 Å². The summed E-state index contributed by atoms with van der Waals surface area (Å²) in [6, 6.07) is 0. The summed E-state index contributed by atoms with van der Waals surface area (Å²) in [5.74, 6) is 0.363. The van der Waals surface area contributed by atoms with E-state index in [1.54, 1.807) is 0 Å². The molecule has 0 amide bonds. The lowest BCUT2D eigenvalue weighted by Gasteiger charge is -2.33. The van der Waals surface area contributed by atoms with Gasteiger partial charge in [0.05, 0.1) is 6.10 Å². The van der Waals surface area contributed by atoms with E-state index in [1.807, 2.05) is 6.20 Å². The molecule has 2 atom stereocenters. The first-order chi connectivity index (χ1) is 7.15. The van der Waals surface area contributed by atoms with Gasteiger partial charge < -0.3 is 5.11 Å². The predicted octanol–water partition coefficient (Wildman–Crippen LogP) is 2.00. The third-order valence-electron chi connectivity index (χ3n) is 2.85. The molecule has 0 spiro atoms. The van der Waals surface area contributed by atoms with E-state index < -0.39 is 0 Å². The van der Waals surface area contributed by atoms with E-state index in [2.05, 4.69) is 16.8 Å². The first-order valence-corrected chi connectivity index (χ1v) is 6.35. The average molecular weight is 247 g/mol. The van der Waals surface area contributed by atoms with Crippen LogP contribution in [0.15, 0.2) is 6.20 Å². The SMILES string of the molecule is CC1CN(Cc2cnc(Cl)s2)CCC1O. The fraction of sp³-hybridized carbons (Fsp3) is 0.700. The lowest BCUT2D eigenvalue weighted by Crippen LogP contribution is -2.41. The minimum Gasteiger partial charge on any atom is -0.393 e. The Morgan fingerprint density at radius 1 is 1.73 bits per heavy atom. The number of aliphatic hydroxyl groups excluding tert-OH is 1. The van der Waals surface area contributed by atoms with Crippen molar-refractivity contribution < 1.29 is 5.11 Å².